The quantitative estimate of drug-likeness (QED) is 0.196. The fraction of sp³-hybridized carbons (Fsp3) is 0.0930. The van der Waals surface area contributed by atoms with Crippen molar-refractivity contribution in [1.82, 2.24) is 15.0 Å². The van der Waals surface area contributed by atoms with Crippen LogP contribution in [0.2, 0.25) is 0 Å². The second-order valence-corrected chi connectivity index (χ2v) is 12.3. The van der Waals surface area contributed by atoms with Gasteiger partial charge in [-0.2, -0.15) is 0 Å². The van der Waals surface area contributed by atoms with Crippen molar-refractivity contribution >= 4 is 28.7 Å². The molecule has 0 amide bonds. The molecule has 4 heteroatoms. The van der Waals surface area contributed by atoms with Crippen LogP contribution in [0, 0.1) is 0 Å². The van der Waals surface area contributed by atoms with Crippen LogP contribution in [0.25, 0.3) is 62.9 Å². The molecule has 47 heavy (non-hydrogen) atoms. The lowest BCUT2D eigenvalue weighted by Gasteiger charge is -2.20. The minimum absolute atomic E-state index is 0.378. The summed E-state index contributed by atoms with van der Waals surface area (Å²) >= 11 is 0. The van der Waals surface area contributed by atoms with E-state index in [1.54, 1.807) is 0 Å². The van der Waals surface area contributed by atoms with Crippen molar-refractivity contribution in [1.29, 1.82) is 0 Å². The molecule has 0 spiro atoms. The Morgan fingerprint density at radius 2 is 1.30 bits per heavy atom. The van der Waals surface area contributed by atoms with Gasteiger partial charge in [0.25, 0.3) is 0 Å². The molecule has 0 radical (unpaired) electrons. The molecule has 7 aromatic rings. The largest absolute Gasteiger partial charge is 0.456 e. The summed E-state index contributed by atoms with van der Waals surface area (Å²) in [6, 6.07) is 44.3. The molecule has 5 aromatic carbocycles. The van der Waals surface area contributed by atoms with Gasteiger partial charge in [-0.25, -0.2) is 15.0 Å². The summed E-state index contributed by atoms with van der Waals surface area (Å²) in [5.41, 5.74) is 11.4. The molecule has 0 aliphatic heterocycles. The van der Waals surface area contributed by atoms with Crippen LogP contribution in [0.1, 0.15) is 45.9 Å². The van der Waals surface area contributed by atoms with E-state index in [9.17, 15) is 0 Å². The van der Waals surface area contributed by atoms with E-state index >= 15 is 0 Å². The summed E-state index contributed by atoms with van der Waals surface area (Å²) in [6.07, 6.45) is 9.58. The number of fused-ring (bicyclic) bond motifs is 4. The first-order valence-corrected chi connectivity index (χ1v) is 16.3. The summed E-state index contributed by atoms with van der Waals surface area (Å²) in [4.78, 5) is 15.3. The van der Waals surface area contributed by atoms with Gasteiger partial charge in [0.1, 0.15) is 11.3 Å². The molecular weight excluding hydrogens is 574 g/mol. The molecule has 0 saturated carbocycles. The number of allylic oxidation sites excluding steroid dienone is 2. The summed E-state index contributed by atoms with van der Waals surface area (Å²) in [6.45, 7) is 0. The Kier molecular flexibility index (Phi) is 6.71. The maximum absolute atomic E-state index is 6.48. The molecule has 0 saturated heterocycles. The Bertz CT molecular complexity index is 2320. The number of hydrogen-bond donors (Lipinski definition) is 0. The fourth-order valence-electron chi connectivity index (χ4n) is 7.02. The molecule has 2 aliphatic rings. The van der Waals surface area contributed by atoms with Crippen LogP contribution in [-0.2, 0) is 12.8 Å². The highest BCUT2D eigenvalue weighted by molar-refractivity contribution is 5.99. The van der Waals surface area contributed by atoms with Crippen LogP contribution in [0.5, 0.6) is 0 Å². The van der Waals surface area contributed by atoms with Crippen molar-refractivity contribution in [3.05, 3.63) is 167 Å². The average Bonchev–Trinajstić information content (AvgIpc) is 3.53. The smallest absolute Gasteiger partial charge is 0.164 e. The number of aromatic nitrogens is 3. The average molecular weight is 606 g/mol. The molecule has 1 unspecified atom stereocenters. The predicted octanol–water partition coefficient (Wildman–Crippen LogP) is 10.5. The highest BCUT2D eigenvalue weighted by Gasteiger charge is 2.24. The molecule has 4 nitrogen and oxygen atoms in total. The zero-order chi connectivity index (χ0) is 31.2. The number of nitrogens with zero attached hydrogens (tertiary/aromatic N) is 3. The first-order chi connectivity index (χ1) is 23.3. The van der Waals surface area contributed by atoms with Crippen LogP contribution in [0.15, 0.2) is 138 Å². The van der Waals surface area contributed by atoms with Crippen molar-refractivity contribution in [3.63, 3.8) is 0 Å². The third kappa shape index (κ3) is 5.08. The monoisotopic (exact) mass is 605 g/mol. The van der Waals surface area contributed by atoms with Gasteiger partial charge in [-0.15, -0.1) is 0 Å². The third-order valence-corrected chi connectivity index (χ3v) is 9.43. The number of furan rings is 1. The van der Waals surface area contributed by atoms with E-state index in [0.29, 0.717) is 23.4 Å². The highest BCUT2D eigenvalue weighted by atomic mass is 16.3. The van der Waals surface area contributed by atoms with Crippen molar-refractivity contribution in [2.75, 3.05) is 0 Å². The maximum atomic E-state index is 6.48. The highest BCUT2D eigenvalue weighted by Crippen LogP contribution is 2.41. The van der Waals surface area contributed by atoms with E-state index in [2.05, 4.69) is 115 Å². The Morgan fingerprint density at radius 1 is 0.596 bits per heavy atom. The van der Waals surface area contributed by atoms with E-state index in [0.717, 1.165) is 52.7 Å². The Balaban J connectivity index is 1.15. The standard InChI is InChI=1S/C43H31N3O/c1-4-11-28(12-5-1)31-19-20-33-26-35(22-21-32(33)25-31)42-44-41(30-15-8-3-9-16-30)45-43(46-42)37-17-10-18-38-40(37)36-24-23-34(27-39(36)47-38)29-13-6-2-7-14-29/h1-22,26-27,31H,23-25H2. The molecule has 9 rings (SSSR count). The third-order valence-electron chi connectivity index (χ3n) is 9.43. The van der Waals surface area contributed by atoms with Gasteiger partial charge >= 0.3 is 0 Å². The number of rotatable bonds is 5. The van der Waals surface area contributed by atoms with E-state index in [1.807, 2.05) is 30.3 Å². The van der Waals surface area contributed by atoms with Crippen LogP contribution >= 0.6 is 0 Å². The Hall–Kier alpha value is -5.87. The first kappa shape index (κ1) is 27.4. The summed E-state index contributed by atoms with van der Waals surface area (Å²) in [5.74, 6) is 3.27. The molecule has 2 heterocycles. The van der Waals surface area contributed by atoms with Gasteiger partial charge in [0.2, 0.25) is 0 Å². The molecule has 0 N–H and O–H groups in total. The lowest BCUT2D eigenvalue weighted by molar-refractivity contribution is 0.596. The molecule has 2 aliphatic carbocycles. The molecule has 224 valence electrons. The van der Waals surface area contributed by atoms with Gasteiger partial charge in [-0.05, 0) is 65.3 Å². The van der Waals surface area contributed by atoms with Crippen molar-refractivity contribution < 1.29 is 4.42 Å². The van der Waals surface area contributed by atoms with Crippen LogP contribution in [0.4, 0.5) is 0 Å². The number of aryl methyl sites for hydroxylation is 1. The fourth-order valence-corrected chi connectivity index (χ4v) is 7.02. The van der Waals surface area contributed by atoms with Gasteiger partial charge in [-0.1, -0.05) is 127 Å². The van der Waals surface area contributed by atoms with Gasteiger partial charge in [0.15, 0.2) is 17.5 Å². The van der Waals surface area contributed by atoms with E-state index < -0.39 is 0 Å². The first-order valence-electron chi connectivity index (χ1n) is 16.3. The maximum Gasteiger partial charge on any atom is 0.164 e. The van der Waals surface area contributed by atoms with E-state index in [-0.39, 0.29) is 0 Å². The summed E-state index contributed by atoms with van der Waals surface area (Å²) in [7, 11) is 0. The van der Waals surface area contributed by atoms with Crippen LogP contribution < -0.4 is 0 Å². The lowest BCUT2D eigenvalue weighted by atomic mass is 9.84. The van der Waals surface area contributed by atoms with Gasteiger partial charge in [-0.3, -0.25) is 0 Å². The molecule has 2 aromatic heterocycles. The minimum Gasteiger partial charge on any atom is -0.456 e. The normalized spacial score (nSPS) is 15.2. The summed E-state index contributed by atoms with van der Waals surface area (Å²) < 4.78 is 6.48. The Morgan fingerprint density at radius 3 is 2.09 bits per heavy atom. The minimum atomic E-state index is 0.378. The molecule has 1 atom stereocenters. The van der Waals surface area contributed by atoms with Crippen molar-refractivity contribution in [3.8, 4) is 34.2 Å². The lowest BCUT2D eigenvalue weighted by Crippen LogP contribution is -2.06. The number of hydrogen-bond acceptors (Lipinski definition) is 4. The predicted molar refractivity (Wildman–Crippen MR) is 190 cm³/mol. The zero-order valence-corrected chi connectivity index (χ0v) is 25.8. The van der Waals surface area contributed by atoms with Crippen molar-refractivity contribution in [2.45, 2.75) is 25.2 Å². The second-order valence-electron chi connectivity index (χ2n) is 12.3. The van der Waals surface area contributed by atoms with Gasteiger partial charge in [0, 0.05) is 33.6 Å². The van der Waals surface area contributed by atoms with Gasteiger partial charge < -0.3 is 4.42 Å². The van der Waals surface area contributed by atoms with Crippen LogP contribution in [0.3, 0.4) is 0 Å². The Labute approximate surface area is 273 Å². The van der Waals surface area contributed by atoms with Crippen LogP contribution in [-0.4, -0.2) is 15.0 Å². The summed E-state index contributed by atoms with van der Waals surface area (Å²) in [5, 5.41) is 1.09. The van der Waals surface area contributed by atoms with E-state index in [1.165, 1.54) is 33.4 Å². The zero-order valence-electron chi connectivity index (χ0n) is 25.8. The molecule has 0 bridgehead atoms. The topological polar surface area (TPSA) is 51.8 Å². The number of benzene rings is 5. The van der Waals surface area contributed by atoms with E-state index in [4.69, 9.17) is 19.4 Å². The SMILES string of the molecule is C1=CC(c2ccccc2)Cc2ccc(-c3nc(-c4ccccc4)nc(-c4cccc5oc6c(c45)CCC(c4ccccc4)=C6)n3)cc21. The molecular formula is C43H31N3O. The van der Waals surface area contributed by atoms with Gasteiger partial charge in [0.05, 0.1) is 0 Å². The second kappa shape index (κ2) is 11.5. The molecule has 0 fully saturated rings. The van der Waals surface area contributed by atoms with Crippen molar-refractivity contribution in [2.24, 2.45) is 0 Å².